The number of aromatic nitrogens is 1. The normalized spacial score (nSPS) is 17.2. The number of hydrogen-bond donors (Lipinski definition) is 2. The molecule has 0 bridgehead atoms. The number of likely N-dealkylation sites (tertiary alicyclic amines) is 1. The van der Waals surface area contributed by atoms with Crippen molar-refractivity contribution in [2.45, 2.75) is 39.3 Å². The third kappa shape index (κ3) is 5.94. The van der Waals surface area contributed by atoms with Crippen LogP contribution in [0.2, 0.25) is 0 Å². The van der Waals surface area contributed by atoms with Gasteiger partial charge in [0.1, 0.15) is 5.82 Å². The molecule has 2 aliphatic rings. The van der Waals surface area contributed by atoms with Gasteiger partial charge in [-0.05, 0) is 67.1 Å². The van der Waals surface area contributed by atoms with E-state index < -0.39 is 0 Å². The van der Waals surface area contributed by atoms with Gasteiger partial charge < -0.3 is 15.5 Å². The summed E-state index contributed by atoms with van der Waals surface area (Å²) in [6.07, 6.45) is 3.96. The van der Waals surface area contributed by atoms with Gasteiger partial charge in [-0.1, -0.05) is 42.0 Å². The summed E-state index contributed by atoms with van der Waals surface area (Å²) in [5.41, 5.74) is 6.67. The average molecular weight is 484 g/mol. The van der Waals surface area contributed by atoms with E-state index in [-0.39, 0.29) is 11.9 Å². The number of aryl methyl sites for hydroxylation is 2. The second-order valence-corrected chi connectivity index (χ2v) is 10.2. The first-order valence-corrected chi connectivity index (χ1v) is 13.2. The number of rotatable bonds is 6. The first-order valence-electron chi connectivity index (χ1n) is 13.2. The van der Waals surface area contributed by atoms with E-state index >= 15 is 0 Å². The third-order valence-corrected chi connectivity index (χ3v) is 7.44. The molecule has 3 aromatic rings. The minimum atomic E-state index is 0.0227. The Hall–Kier alpha value is -3.22. The minimum Gasteiger partial charge on any atom is -0.354 e. The summed E-state index contributed by atoms with van der Waals surface area (Å²) in [6, 6.07) is 19.1. The predicted molar refractivity (Wildman–Crippen MR) is 146 cm³/mol. The van der Waals surface area contributed by atoms with E-state index in [0.717, 1.165) is 81.2 Å². The van der Waals surface area contributed by atoms with Gasteiger partial charge in [-0.3, -0.25) is 9.69 Å². The number of benzene rings is 2. The van der Waals surface area contributed by atoms with Gasteiger partial charge in [0.2, 0.25) is 0 Å². The predicted octanol–water partition coefficient (Wildman–Crippen LogP) is 4.17. The molecule has 188 valence electrons. The van der Waals surface area contributed by atoms with Gasteiger partial charge >= 0.3 is 0 Å². The van der Waals surface area contributed by atoms with E-state index in [9.17, 15) is 4.79 Å². The van der Waals surface area contributed by atoms with Crippen molar-refractivity contribution < 1.29 is 4.79 Å². The molecule has 5 rings (SSSR count). The Morgan fingerprint density at radius 2 is 1.72 bits per heavy atom. The highest BCUT2D eigenvalue weighted by atomic mass is 16.1. The fourth-order valence-electron chi connectivity index (χ4n) is 5.16. The summed E-state index contributed by atoms with van der Waals surface area (Å²) < 4.78 is 0. The van der Waals surface area contributed by atoms with Gasteiger partial charge in [0.05, 0.1) is 0 Å². The van der Waals surface area contributed by atoms with Crippen molar-refractivity contribution in [1.29, 1.82) is 0 Å². The van der Waals surface area contributed by atoms with Gasteiger partial charge in [0.25, 0.3) is 5.91 Å². The summed E-state index contributed by atoms with van der Waals surface area (Å²) in [6.45, 7) is 11.1. The molecule has 2 N–H and O–H groups in total. The molecule has 3 heterocycles. The highest BCUT2D eigenvalue weighted by molar-refractivity contribution is 5.96. The Bertz CT molecular complexity index is 1160. The summed E-state index contributed by atoms with van der Waals surface area (Å²) in [7, 11) is 0. The Morgan fingerprint density at radius 3 is 2.42 bits per heavy atom. The Balaban J connectivity index is 1.13. The molecule has 1 aromatic heterocycles. The number of piperazine rings is 1. The number of nitrogens with one attached hydrogen (secondary N) is 2. The average Bonchev–Trinajstić information content (AvgIpc) is 2.91. The van der Waals surface area contributed by atoms with E-state index in [2.05, 4.69) is 70.7 Å². The highest BCUT2D eigenvalue weighted by Gasteiger charge is 2.22. The first kappa shape index (κ1) is 24.5. The van der Waals surface area contributed by atoms with Crippen molar-refractivity contribution in [3.63, 3.8) is 0 Å². The molecular weight excluding hydrogens is 446 g/mol. The standard InChI is InChI=1S/C30H37N5O/c1-22-3-7-25(8-4-22)28-19-26(9-5-23(28)2)30(36)33-27-11-15-34(16-12-27)21-24-6-10-29(32-20-24)35-17-13-31-14-18-35/h3-10,19-20,27,31H,11-18,21H2,1-2H3,(H,33,36). The molecule has 2 aromatic carbocycles. The molecule has 1 amide bonds. The first-order chi connectivity index (χ1) is 17.5. The van der Waals surface area contributed by atoms with E-state index in [4.69, 9.17) is 4.98 Å². The molecule has 6 nitrogen and oxygen atoms in total. The number of anilines is 1. The monoisotopic (exact) mass is 483 g/mol. The Kier molecular flexibility index (Phi) is 7.63. The summed E-state index contributed by atoms with van der Waals surface area (Å²) >= 11 is 0. The lowest BCUT2D eigenvalue weighted by Crippen LogP contribution is -2.44. The van der Waals surface area contributed by atoms with Crippen LogP contribution in [-0.4, -0.2) is 61.1 Å². The zero-order chi connectivity index (χ0) is 24.9. The van der Waals surface area contributed by atoms with Crippen LogP contribution in [0.4, 0.5) is 5.82 Å². The molecule has 36 heavy (non-hydrogen) atoms. The second kappa shape index (κ2) is 11.2. The number of pyridine rings is 1. The molecule has 0 atom stereocenters. The van der Waals surface area contributed by atoms with E-state index in [1.807, 2.05) is 24.4 Å². The summed E-state index contributed by atoms with van der Waals surface area (Å²) in [5, 5.41) is 6.67. The number of nitrogens with zero attached hydrogens (tertiary/aromatic N) is 3. The van der Waals surface area contributed by atoms with Crippen LogP contribution in [0, 0.1) is 13.8 Å². The largest absolute Gasteiger partial charge is 0.354 e. The maximum absolute atomic E-state index is 13.1. The third-order valence-electron chi connectivity index (χ3n) is 7.44. The van der Waals surface area contributed by atoms with Crippen LogP contribution in [0.5, 0.6) is 0 Å². The molecule has 6 heteroatoms. The molecule has 0 saturated carbocycles. The van der Waals surface area contributed by atoms with Crippen LogP contribution >= 0.6 is 0 Å². The van der Waals surface area contributed by atoms with Gasteiger partial charge in [0, 0.05) is 63.6 Å². The van der Waals surface area contributed by atoms with Crippen LogP contribution in [0.15, 0.2) is 60.8 Å². The lowest BCUT2D eigenvalue weighted by atomic mass is 9.96. The number of hydrogen-bond acceptors (Lipinski definition) is 5. The quantitative estimate of drug-likeness (QED) is 0.551. The fraction of sp³-hybridized carbons (Fsp3) is 0.400. The number of carbonyl (C=O) groups excluding carboxylic acids is 1. The zero-order valence-electron chi connectivity index (χ0n) is 21.5. The van der Waals surface area contributed by atoms with E-state index in [0.29, 0.717) is 0 Å². The molecule has 2 saturated heterocycles. The minimum absolute atomic E-state index is 0.0227. The maximum atomic E-state index is 13.1. The van der Waals surface area contributed by atoms with Crippen LogP contribution < -0.4 is 15.5 Å². The molecule has 2 aliphatic heterocycles. The van der Waals surface area contributed by atoms with Gasteiger partial charge in [-0.25, -0.2) is 4.98 Å². The van der Waals surface area contributed by atoms with Crippen LogP contribution in [0.3, 0.4) is 0 Å². The van der Waals surface area contributed by atoms with Crippen molar-refractivity contribution in [3.8, 4) is 11.1 Å². The van der Waals surface area contributed by atoms with E-state index in [1.54, 1.807) is 0 Å². The van der Waals surface area contributed by atoms with Crippen LogP contribution in [-0.2, 0) is 6.54 Å². The summed E-state index contributed by atoms with van der Waals surface area (Å²) in [5.74, 6) is 1.10. The van der Waals surface area contributed by atoms with Crippen molar-refractivity contribution in [2.24, 2.45) is 0 Å². The lowest BCUT2D eigenvalue weighted by molar-refractivity contribution is 0.0909. The fourth-order valence-corrected chi connectivity index (χ4v) is 5.16. The lowest BCUT2D eigenvalue weighted by Gasteiger charge is -2.32. The van der Waals surface area contributed by atoms with Crippen LogP contribution in [0.1, 0.15) is 39.9 Å². The SMILES string of the molecule is Cc1ccc(-c2cc(C(=O)NC3CCN(Cc4ccc(N5CCNCC5)nc4)CC3)ccc2C)cc1. The second-order valence-electron chi connectivity index (χ2n) is 10.2. The maximum Gasteiger partial charge on any atom is 0.251 e. The number of carbonyl (C=O) groups is 1. The van der Waals surface area contributed by atoms with Crippen LogP contribution in [0.25, 0.3) is 11.1 Å². The van der Waals surface area contributed by atoms with Crippen molar-refractivity contribution in [2.75, 3.05) is 44.2 Å². The van der Waals surface area contributed by atoms with Crippen molar-refractivity contribution >= 4 is 11.7 Å². The number of amides is 1. The topological polar surface area (TPSA) is 60.5 Å². The van der Waals surface area contributed by atoms with Crippen molar-refractivity contribution in [3.05, 3.63) is 83.0 Å². The molecule has 0 radical (unpaired) electrons. The molecule has 0 aliphatic carbocycles. The molecule has 0 spiro atoms. The zero-order valence-corrected chi connectivity index (χ0v) is 21.5. The summed E-state index contributed by atoms with van der Waals surface area (Å²) in [4.78, 5) is 22.6. The van der Waals surface area contributed by atoms with E-state index in [1.165, 1.54) is 16.7 Å². The smallest absolute Gasteiger partial charge is 0.251 e. The molecule has 2 fully saturated rings. The molecule has 0 unspecified atom stereocenters. The highest BCUT2D eigenvalue weighted by Crippen LogP contribution is 2.25. The van der Waals surface area contributed by atoms with Gasteiger partial charge in [0.15, 0.2) is 0 Å². The van der Waals surface area contributed by atoms with Gasteiger partial charge in [-0.2, -0.15) is 0 Å². The number of piperidine rings is 1. The van der Waals surface area contributed by atoms with Gasteiger partial charge in [-0.15, -0.1) is 0 Å². The van der Waals surface area contributed by atoms with Crippen molar-refractivity contribution in [1.82, 2.24) is 20.5 Å². The Labute approximate surface area is 214 Å². The molecular formula is C30H37N5O. The Morgan fingerprint density at radius 1 is 0.972 bits per heavy atom.